The fraction of sp³-hybridized carbons (Fsp3) is 0.0769. The molecule has 0 heterocycles. The molecule has 0 spiro atoms. The van der Waals surface area contributed by atoms with Crippen molar-refractivity contribution < 1.29 is 17.5 Å². The Morgan fingerprint density at radius 1 is 1.24 bits per heavy atom. The van der Waals surface area contributed by atoms with Crippen LogP contribution in [-0.2, 0) is 10.0 Å². The van der Waals surface area contributed by atoms with E-state index >= 15 is 0 Å². The highest BCUT2D eigenvalue weighted by atomic mass is 79.9. The van der Waals surface area contributed by atoms with Gasteiger partial charge in [0.15, 0.2) is 0 Å². The summed E-state index contributed by atoms with van der Waals surface area (Å²) in [5.41, 5.74) is 0.156. The number of nitrogens with one attached hydrogen (secondary N) is 1. The Hall–Kier alpha value is -1.31. The van der Waals surface area contributed by atoms with Gasteiger partial charge in [-0.2, -0.15) is 0 Å². The van der Waals surface area contributed by atoms with Crippen molar-refractivity contribution in [2.45, 2.75) is 4.90 Å². The highest BCUT2D eigenvalue weighted by Gasteiger charge is 2.20. The second kappa shape index (κ2) is 6.21. The van der Waals surface area contributed by atoms with E-state index < -0.39 is 15.8 Å². The average Bonchev–Trinajstić information content (AvgIpc) is 2.42. The van der Waals surface area contributed by atoms with Crippen molar-refractivity contribution in [3.63, 3.8) is 0 Å². The monoisotopic (exact) mass is 393 g/mol. The minimum atomic E-state index is -3.89. The second-order valence-electron chi connectivity index (χ2n) is 4.03. The summed E-state index contributed by atoms with van der Waals surface area (Å²) < 4.78 is 45.8. The molecule has 0 bridgehead atoms. The maximum Gasteiger partial charge on any atom is 0.265 e. The molecule has 0 radical (unpaired) electrons. The molecule has 2 aromatic rings. The Kier molecular flexibility index (Phi) is 4.75. The zero-order chi connectivity index (χ0) is 15.6. The summed E-state index contributed by atoms with van der Waals surface area (Å²) >= 11 is 8.84. The van der Waals surface area contributed by atoms with Crippen molar-refractivity contribution in [3.05, 3.63) is 51.7 Å². The summed E-state index contributed by atoms with van der Waals surface area (Å²) in [6.07, 6.45) is 0. The summed E-state index contributed by atoms with van der Waals surface area (Å²) in [6, 6.07) is 8.15. The van der Waals surface area contributed by atoms with Crippen molar-refractivity contribution >= 4 is 43.2 Å². The van der Waals surface area contributed by atoms with Crippen LogP contribution in [0.2, 0.25) is 5.02 Å². The lowest BCUT2D eigenvalue weighted by Crippen LogP contribution is -2.14. The van der Waals surface area contributed by atoms with E-state index in [-0.39, 0.29) is 21.4 Å². The van der Waals surface area contributed by atoms with Gasteiger partial charge >= 0.3 is 0 Å². The van der Waals surface area contributed by atoms with Gasteiger partial charge in [0.25, 0.3) is 10.0 Å². The lowest BCUT2D eigenvalue weighted by atomic mass is 10.3. The third-order valence-corrected chi connectivity index (χ3v) is 4.77. The molecule has 0 atom stereocenters. The van der Waals surface area contributed by atoms with Gasteiger partial charge < -0.3 is 4.74 Å². The quantitative estimate of drug-likeness (QED) is 0.851. The first-order chi connectivity index (χ1) is 9.83. The predicted octanol–water partition coefficient (Wildman–Crippen LogP) is 4.05. The zero-order valence-electron chi connectivity index (χ0n) is 10.7. The molecular weight excluding hydrogens is 385 g/mol. The maximum absolute atomic E-state index is 13.1. The number of hydrogen-bond acceptors (Lipinski definition) is 3. The van der Waals surface area contributed by atoms with E-state index in [1.54, 1.807) is 6.07 Å². The van der Waals surface area contributed by atoms with Crippen molar-refractivity contribution in [1.29, 1.82) is 0 Å². The van der Waals surface area contributed by atoms with E-state index in [0.717, 1.165) is 6.07 Å². The van der Waals surface area contributed by atoms with Crippen LogP contribution in [0, 0.1) is 5.82 Å². The third kappa shape index (κ3) is 3.66. The third-order valence-electron chi connectivity index (χ3n) is 2.59. The molecular formula is C13H10BrClFNO3S. The molecule has 4 nitrogen and oxygen atoms in total. The second-order valence-corrected chi connectivity index (χ2v) is 7.00. The summed E-state index contributed by atoms with van der Waals surface area (Å²) in [6.45, 7) is 0. The molecule has 21 heavy (non-hydrogen) atoms. The van der Waals surface area contributed by atoms with E-state index in [9.17, 15) is 12.8 Å². The first-order valence-electron chi connectivity index (χ1n) is 5.65. The fourth-order valence-electron chi connectivity index (χ4n) is 1.63. The number of rotatable bonds is 4. The van der Waals surface area contributed by atoms with E-state index in [0.29, 0.717) is 4.47 Å². The summed E-state index contributed by atoms with van der Waals surface area (Å²) in [5.74, 6) is -0.432. The van der Waals surface area contributed by atoms with Gasteiger partial charge in [0.05, 0.1) is 17.8 Å². The lowest BCUT2D eigenvalue weighted by Gasteiger charge is -2.12. The number of anilines is 1. The van der Waals surface area contributed by atoms with Crippen LogP contribution in [0.1, 0.15) is 0 Å². The minimum absolute atomic E-state index is 0.0418. The zero-order valence-corrected chi connectivity index (χ0v) is 13.9. The number of benzene rings is 2. The average molecular weight is 395 g/mol. The first kappa shape index (κ1) is 16.1. The van der Waals surface area contributed by atoms with Gasteiger partial charge in [-0.1, -0.05) is 27.5 Å². The Morgan fingerprint density at radius 2 is 1.95 bits per heavy atom. The van der Waals surface area contributed by atoms with Crippen molar-refractivity contribution in [1.82, 2.24) is 0 Å². The standard InChI is InChI=1S/C13H10BrClFNO3S/c1-20-12-5-2-8(14)6-13(12)21(18,19)17-9-3-4-11(16)10(15)7-9/h2-7,17H,1H3. The molecule has 0 aromatic heterocycles. The van der Waals surface area contributed by atoms with Gasteiger partial charge in [-0.05, 0) is 36.4 Å². The van der Waals surface area contributed by atoms with Crippen molar-refractivity contribution in [2.75, 3.05) is 11.8 Å². The Bertz CT molecular complexity index is 783. The molecule has 112 valence electrons. The van der Waals surface area contributed by atoms with Crippen LogP contribution in [0.25, 0.3) is 0 Å². The van der Waals surface area contributed by atoms with Gasteiger partial charge in [0, 0.05) is 4.47 Å². The topological polar surface area (TPSA) is 55.4 Å². The SMILES string of the molecule is COc1ccc(Br)cc1S(=O)(=O)Nc1ccc(F)c(Cl)c1. The van der Waals surface area contributed by atoms with Gasteiger partial charge in [-0.3, -0.25) is 4.72 Å². The van der Waals surface area contributed by atoms with E-state index in [1.807, 2.05) is 0 Å². The number of ether oxygens (including phenoxy) is 1. The van der Waals surface area contributed by atoms with Crippen molar-refractivity contribution in [2.24, 2.45) is 0 Å². The fourth-order valence-corrected chi connectivity index (χ4v) is 3.57. The number of sulfonamides is 1. The highest BCUT2D eigenvalue weighted by molar-refractivity contribution is 9.10. The van der Waals surface area contributed by atoms with Crippen LogP contribution in [0.15, 0.2) is 45.8 Å². The Labute approximate surface area is 135 Å². The van der Waals surface area contributed by atoms with Gasteiger partial charge in [-0.15, -0.1) is 0 Å². The number of halogens is 3. The minimum Gasteiger partial charge on any atom is -0.495 e. The number of hydrogen-bond donors (Lipinski definition) is 1. The molecule has 0 aliphatic rings. The van der Waals surface area contributed by atoms with Crippen LogP contribution in [0.3, 0.4) is 0 Å². The van der Waals surface area contributed by atoms with Crippen LogP contribution >= 0.6 is 27.5 Å². The number of methoxy groups -OCH3 is 1. The normalized spacial score (nSPS) is 11.2. The molecule has 0 amide bonds. The Morgan fingerprint density at radius 3 is 2.57 bits per heavy atom. The largest absolute Gasteiger partial charge is 0.495 e. The molecule has 0 fully saturated rings. The molecule has 2 rings (SSSR count). The molecule has 0 aliphatic heterocycles. The lowest BCUT2D eigenvalue weighted by molar-refractivity contribution is 0.403. The summed E-state index contributed by atoms with van der Waals surface area (Å²) in [4.78, 5) is -0.0418. The molecule has 2 aromatic carbocycles. The smallest absolute Gasteiger partial charge is 0.265 e. The molecule has 0 saturated carbocycles. The van der Waals surface area contributed by atoms with Crippen LogP contribution < -0.4 is 9.46 Å². The molecule has 8 heteroatoms. The van der Waals surface area contributed by atoms with Crippen LogP contribution in [0.5, 0.6) is 5.75 Å². The maximum atomic E-state index is 13.1. The van der Waals surface area contributed by atoms with Gasteiger partial charge in [0.2, 0.25) is 0 Å². The predicted molar refractivity (Wildman–Crippen MR) is 82.9 cm³/mol. The van der Waals surface area contributed by atoms with Crippen molar-refractivity contribution in [3.8, 4) is 5.75 Å². The first-order valence-corrected chi connectivity index (χ1v) is 8.30. The summed E-state index contributed by atoms with van der Waals surface area (Å²) in [7, 11) is -2.52. The molecule has 0 aliphatic carbocycles. The van der Waals surface area contributed by atoms with E-state index in [1.165, 1.54) is 31.4 Å². The van der Waals surface area contributed by atoms with Gasteiger partial charge in [0.1, 0.15) is 16.5 Å². The molecule has 1 N–H and O–H groups in total. The molecule has 0 unspecified atom stereocenters. The Balaban J connectivity index is 2.42. The summed E-state index contributed by atoms with van der Waals surface area (Å²) in [5, 5.41) is -0.170. The van der Waals surface area contributed by atoms with Crippen LogP contribution in [0.4, 0.5) is 10.1 Å². The van der Waals surface area contributed by atoms with E-state index in [4.69, 9.17) is 16.3 Å². The van der Waals surface area contributed by atoms with E-state index in [2.05, 4.69) is 20.7 Å². The van der Waals surface area contributed by atoms with Gasteiger partial charge in [-0.25, -0.2) is 12.8 Å². The molecule has 0 saturated heterocycles. The van der Waals surface area contributed by atoms with Crippen LogP contribution in [-0.4, -0.2) is 15.5 Å². The highest BCUT2D eigenvalue weighted by Crippen LogP contribution is 2.29.